The Morgan fingerprint density at radius 3 is 2.17 bits per heavy atom. The number of ether oxygens (including phenoxy) is 3. The first-order valence-electron chi connectivity index (χ1n) is 22.2. The van der Waals surface area contributed by atoms with Crippen LogP contribution in [0, 0.1) is 23.7 Å². The Bertz CT molecular complexity index is 2510. The minimum absolute atomic E-state index is 0.0497. The number of nitrogens with two attached hydrogens (primary N) is 1. The maximum Gasteiger partial charge on any atom is 0.329 e. The van der Waals surface area contributed by atoms with Crippen LogP contribution in [0.2, 0.25) is 0 Å². The minimum Gasteiger partial charge on any atom is -0.491 e. The zero-order valence-electron chi connectivity index (χ0n) is 36.6. The number of hydrogen-bond donors (Lipinski definition) is 4. The summed E-state index contributed by atoms with van der Waals surface area (Å²) >= 11 is 0. The van der Waals surface area contributed by atoms with Gasteiger partial charge in [-0.3, -0.25) is 19.3 Å². The van der Waals surface area contributed by atoms with Crippen molar-refractivity contribution < 1.29 is 48.4 Å². The maximum atomic E-state index is 16.2. The van der Waals surface area contributed by atoms with E-state index in [2.05, 4.69) is 17.2 Å². The zero-order valence-corrected chi connectivity index (χ0v) is 36.6. The van der Waals surface area contributed by atoms with Crippen molar-refractivity contribution in [3.8, 4) is 17.6 Å². The average molecular weight is 883 g/mol. The summed E-state index contributed by atoms with van der Waals surface area (Å²) in [5.74, 6) is 1.04. The number of methoxy groups -OCH3 is 1. The van der Waals surface area contributed by atoms with Crippen LogP contribution in [0.4, 0.5) is 10.5 Å². The molecule has 1 spiro atoms. The molecule has 1 aliphatic carbocycles. The molecular weight excluding hydrogens is 829 g/mol. The van der Waals surface area contributed by atoms with E-state index in [-0.39, 0.29) is 24.5 Å². The Kier molecular flexibility index (Phi) is 12.8. The van der Waals surface area contributed by atoms with Crippen LogP contribution >= 0.6 is 0 Å². The monoisotopic (exact) mass is 882 g/mol. The van der Waals surface area contributed by atoms with Crippen LogP contribution in [-0.4, -0.2) is 82.9 Å². The number of cyclic esters (lactones) is 1. The molecule has 1 saturated carbocycles. The third-order valence-electron chi connectivity index (χ3n) is 13.3. The van der Waals surface area contributed by atoms with Crippen LogP contribution in [-0.2, 0) is 34.1 Å². The highest BCUT2D eigenvalue weighted by molar-refractivity contribution is 6.25. The fourth-order valence-electron chi connectivity index (χ4n) is 10.4. The number of benzene rings is 4. The van der Waals surface area contributed by atoms with Crippen molar-refractivity contribution in [2.45, 2.75) is 93.7 Å². The molecule has 14 heteroatoms. The number of amides is 4. The van der Waals surface area contributed by atoms with Crippen molar-refractivity contribution in [1.82, 2.24) is 10.2 Å². The molecule has 0 radical (unpaired) electrons. The second-order valence-electron chi connectivity index (χ2n) is 17.6. The molecule has 4 aromatic carbocycles. The van der Waals surface area contributed by atoms with Crippen LogP contribution in [0.1, 0.15) is 98.4 Å². The molecular formula is C51H54N4O10. The SMILES string of the molecule is COC(=O)[C@@H](NC(=O)N1C(=O)[C@@]2(c3cc(C#CC4(O)CCCCCC4)ccc31)[C@H](c1cccc(OCCO)c1)N1[C@H](c3ccccc3)[C@H](c3ccccc3)OC(=O)[C@H]1[C@@H]2C(N)=O)C(C)C. The van der Waals surface area contributed by atoms with E-state index >= 15 is 9.59 Å². The highest BCUT2D eigenvalue weighted by Gasteiger charge is 2.75. The van der Waals surface area contributed by atoms with Gasteiger partial charge in [-0.25, -0.2) is 14.5 Å². The number of nitrogens with one attached hydrogen (secondary N) is 1. The first kappa shape index (κ1) is 45.1. The first-order valence-corrected chi connectivity index (χ1v) is 22.2. The quantitative estimate of drug-likeness (QED) is 0.0885. The van der Waals surface area contributed by atoms with Crippen LogP contribution in [0.25, 0.3) is 0 Å². The second-order valence-corrected chi connectivity index (χ2v) is 17.6. The number of imide groups is 1. The lowest BCUT2D eigenvalue weighted by Gasteiger charge is -2.46. The lowest BCUT2D eigenvalue weighted by atomic mass is 9.65. The highest BCUT2D eigenvalue weighted by atomic mass is 16.6. The molecule has 8 rings (SSSR count). The number of esters is 2. The number of nitrogens with zero attached hydrogens (tertiary/aromatic N) is 2. The van der Waals surface area contributed by atoms with Gasteiger partial charge in [-0.15, -0.1) is 0 Å². The van der Waals surface area contributed by atoms with E-state index in [9.17, 15) is 24.6 Å². The predicted molar refractivity (Wildman–Crippen MR) is 239 cm³/mol. The molecule has 4 amide bonds. The largest absolute Gasteiger partial charge is 0.491 e. The molecule has 3 fully saturated rings. The summed E-state index contributed by atoms with van der Waals surface area (Å²) in [5, 5.41) is 24.0. The van der Waals surface area contributed by atoms with Crippen molar-refractivity contribution in [3.63, 3.8) is 0 Å². The van der Waals surface area contributed by atoms with Crippen LogP contribution in [0.5, 0.6) is 5.75 Å². The Labute approximate surface area is 378 Å². The average Bonchev–Trinajstić information content (AvgIpc) is 3.65. The second kappa shape index (κ2) is 18.5. The molecule has 14 nitrogen and oxygen atoms in total. The van der Waals surface area contributed by atoms with Crippen molar-refractivity contribution in [2.24, 2.45) is 17.6 Å². The van der Waals surface area contributed by atoms with Gasteiger partial charge in [0, 0.05) is 5.56 Å². The summed E-state index contributed by atoms with van der Waals surface area (Å²) in [4.78, 5) is 76.5. The van der Waals surface area contributed by atoms with Crippen LogP contribution in [0.15, 0.2) is 103 Å². The van der Waals surface area contributed by atoms with E-state index in [1.807, 2.05) is 65.6 Å². The van der Waals surface area contributed by atoms with Crippen molar-refractivity contribution in [3.05, 3.63) is 131 Å². The highest BCUT2D eigenvalue weighted by Crippen LogP contribution is 2.66. The van der Waals surface area contributed by atoms with E-state index in [0.29, 0.717) is 40.8 Å². The molecule has 7 atom stereocenters. The molecule has 0 aromatic heterocycles. The van der Waals surface area contributed by atoms with Gasteiger partial charge in [0.25, 0.3) is 0 Å². The van der Waals surface area contributed by atoms with Gasteiger partial charge in [0.1, 0.15) is 41.6 Å². The summed E-state index contributed by atoms with van der Waals surface area (Å²) in [6, 6.07) is 24.4. The number of anilines is 1. The zero-order chi connectivity index (χ0) is 46.0. The Hall–Kier alpha value is -6.53. The summed E-state index contributed by atoms with van der Waals surface area (Å²) in [5.41, 5.74) is 5.52. The molecule has 0 bridgehead atoms. The minimum atomic E-state index is -2.15. The summed E-state index contributed by atoms with van der Waals surface area (Å²) in [7, 11) is 1.20. The predicted octanol–water partition coefficient (Wildman–Crippen LogP) is 5.55. The standard InChI is InChI=1S/C51H54N4O10/c1-31(2)40(46(58)63-3)53-49(61)54-38-22-21-32(23-26-50(62)24-12-4-5-13-25-50)29-37(38)51(48(54)60)39(45(52)57)42-47(59)65-43(34-17-10-7-11-18-34)41(33-15-8-6-9-16-33)55(42)44(51)35-19-14-20-36(30-35)64-28-27-56/h6-11,14-22,29-31,39-44,56,62H,4-5,12-13,24-25,27-28H2,1-3H3,(H2,52,57)(H,53,61)/t39-,40+,41-,42-,43+,44+,51-/m1/s1. The van der Waals surface area contributed by atoms with Gasteiger partial charge in [-0.05, 0) is 84.2 Å². The van der Waals surface area contributed by atoms with Crippen LogP contribution in [0.3, 0.4) is 0 Å². The molecule has 2 saturated heterocycles. The van der Waals surface area contributed by atoms with Gasteiger partial charge in [-0.2, -0.15) is 0 Å². The first-order chi connectivity index (χ1) is 31.3. The number of morpholine rings is 1. The van der Waals surface area contributed by atoms with E-state index < -0.39 is 82.9 Å². The number of primary amides is 1. The lowest BCUT2D eigenvalue weighted by molar-refractivity contribution is -0.178. The smallest absolute Gasteiger partial charge is 0.329 e. The van der Waals surface area contributed by atoms with Crippen molar-refractivity contribution >= 4 is 35.5 Å². The van der Waals surface area contributed by atoms with Gasteiger partial charge < -0.3 is 35.5 Å². The number of carbonyl (C=O) groups excluding carboxylic acids is 5. The van der Waals surface area contributed by atoms with E-state index in [1.54, 1.807) is 56.3 Å². The number of aliphatic hydroxyl groups is 2. The molecule has 5 N–H and O–H groups in total. The van der Waals surface area contributed by atoms with Crippen molar-refractivity contribution in [1.29, 1.82) is 0 Å². The normalized spacial score (nSPS) is 25.1. The fourth-order valence-corrected chi connectivity index (χ4v) is 10.4. The topological polar surface area (TPSA) is 198 Å². The van der Waals surface area contributed by atoms with Gasteiger partial charge >= 0.3 is 18.0 Å². The molecule has 3 heterocycles. The van der Waals surface area contributed by atoms with Crippen molar-refractivity contribution in [2.75, 3.05) is 25.2 Å². The van der Waals surface area contributed by atoms with Gasteiger partial charge in [0.05, 0.1) is 37.4 Å². The number of aliphatic hydroxyl groups excluding tert-OH is 1. The summed E-state index contributed by atoms with van der Waals surface area (Å²) in [6.07, 6.45) is 3.60. The van der Waals surface area contributed by atoms with E-state index in [1.165, 1.54) is 7.11 Å². The third-order valence-corrected chi connectivity index (χ3v) is 13.3. The Balaban J connectivity index is 1.43. The fraction of sp³-hybridized carbons (Fsp3) is 0.392. The molecule has 338 valence electrons. The number of urea groups is 1. The summed E-state index contributed by atoms with van der Waals surface area (Å²) < 4.78 is 17.4. The Morgan fingerprint density at radius 1 is 0.877 bits per heavy atom. The number of rotatable bonds is 10. The summed E-state index contributed by atoms with van der Waals surface area (Å²) in [6.45, 7) is 3.10. The number of carbonyl (C=O) groups is 5. The number of fused-ring (bicyclic) bond motifs is 3. The molecule has 4 aromatic rings. The van der Waals surface area contributed by atoms with Gasteiger partial charge in [0.15, 0.2) is 0 Å². The van der Waals surface area contributed by atoms with Gasteiger partial charge in [0.2, 0.25) is 11.8 Å². The molecule has 3 aliphatic heterocycles. The van der Waals surface area contributed by atoms with E-state index in [0.717, 1.165) is 30.6 Å². The third kappa shape index (κ3) is 8.13. The Morgan fingerprint density at radius 2 is 1.54 bits per heavy atom. The maximum absolute atomic E-state index is 16.2. The molecule has 65 heavy (non-hydrogen) atoms. The van der Waals surface area contributed by atoms with Crippen LogP contribution < -0.4 is 20.7 Å². The molecule has 4 aliphatic rings. The lowest BCUT2D eigenvalue weighted by Crippen LogP contribution is -2.57. The van der Waals surface area contributed by atoms with Gasteiger partial charge in [-0.1, -0.05) is 111 Å². The number of hydrogen-bond acceptors (Lipinski definition) is 11. The molecule has 0 unspecified atom stereocenters. The van der Waals surface area contributed by atoms with E-state index in [4.69, 9.17) is 19.9 Å².